The zero-order valence-corrected chi connectivity index (χ0v) is 15.7. The summed E-state index contributed by atoms with van der Waals surface area (Å²) in [6.07, 6.45) is 2.42. The number of imide groups is 1. The van der Waals surface area contributed by atoms with Gasteiger partial charge in [0.2, 0.25) is 17.8 Å². The van der Waals surface area contributed by atoms with Crippen LogP contribution in [0.4, 0.5) is 5.95 Å². The summed E-state index contributed by atoms with van der Waals surface area (Å²) in [6, 6.07) is 5.10. The molecular weight excluding hydrogens is 372 g/mol. The molecule has 1 aromatic carbocycles. The van der Waals surface area contributed by atoms with Crippen LogP contribution in [0, 0.1) is 0 Å². The average molecular weight is 392 g/mol. The smallest absolute Gasteiger partial charge is 0.255 e. The van der Waals surface area contributed by atoms with Crippen LogP contribution in [0.1, 0.15) is 45.6 Å². The number of nitrogens with zero attached hydrogens (tertiary/aromatic N) is 3. The van der Waals surface area contributed by atoms with Gasteiger partial charge in [-0.15, -0.1) is 0 Å². The molecule has 1 aromatic heterocycles. The molecule has 9 heteroatoms. The maximum Gasteiger partial charge on any atom is 0.255 e. The van der Waals surface area contributed by atoms with Crippen molar-refractivity contribution < 1.29 is 14.4 Å². The zero-order chi connectivity index (χ0) is 20.0. The highest BCUT2D eigenvalue weighted by Gasteiger charge is 2.39. The average Bonchev–Trinajstić information content (AvgIpc) is 3.31. The molecule has 2 aromatic rings. The number of hydrogen-bond acceptors (Lipinski definition) is 7. The second-order valence-corrected chi connectivity index (χ2v) is 7.47. The van der Waals surface area contributed by atoms with Gasteiger partial charge in [-0.2, -0.15) is 0 Å². The van der Waals surface area contributed by atoms with E-state index < -0.39 is 11.9 Å². The normalized spacial score (nSPS) is 20.5. The summed E-state index contributed by atoms with van der Waals surface area (Å²) in [7, 11) is 0. The highest BCUT2D eigenvalue weighted by molar-refractivity contribution is 6.06. The molecule has 1 saturated heterocycles. The van der Waals surface area contributed by atoms with Crippen LogP contribution in [0.25, 0.3) is 0 Å². The Morgan fingerprint density at radius 3 is 2.93 bits per heavy atom. The Balaban J connectivity index is 1.35. The number of nitrogens with one attached hydrogen (secondary N) is 3. The molecule has 0 aliphatic carbocycles. The highest BCUT2D eigenvalue weighted by atomic mass is 16.2. The lowest BCUT2D eigenvalue weighted by Crippen LogP contribution is -2.52. The van der Waals surface area contributed by atoms with Gasteiger partial charge in [0.05, 0.1) is 5.69 Å². The molecular formula is C20H20N6O3. The van der Waals surface area contributed by atoms with Crippen molar-refractivity contribution >= 4 is 23.7 Å². The quantitative estimate of drug-likeness (QED) is 0.647. The lowest BCUT2D eigenvalue weighted by molar-refractivity contribution is -0.136. The SMILES string of the molecule is O=C1CCC(N2Cc3cccc(CNc4ncc5c(n4)CNC5)c3C2=O)C(=O)N1. The third-order valence-corrected chi connectivity index (χ3v) is 5.64. The van der Waals surface area contributed by atoms with Gasteiger partial charge in [-0.05, 0) is 17.5 Å². The summed E-state index contributed by atoms with van der Waals surface area (Å²) in [5, 5.41) is 8.77. The Hall–Kier alpha value is -3.33. The van der Waals surface area contributed by atoms with Crippen LogP contribution in [0.5, 0.6) is 0 Å². The molecule has 9 nitrogen and oxygen atoms in total. The Labute approximate surface area is 166 Å². The van der Waals surface area contributed by atoms with Gasteiger partial charge >= 0.3 is 0 Å². The lowest BCUT2D eigenvalue weighted by atomic mass is 10.0. The third-order valence-electron chi connectivity index (χ3n) is 5.64. The summed E-state index contributed by atoms with van der Waals surface area (Å²) in [5.74, 6) is -0.337. The van der Waals surface area contributed by atoms with Crippen molar-refractivity contribution in [3.05, 3.63) is 52.3 Å². The zero-order valence-electron chi connectivity index (χ0n) is 15.7. The predicted molar refractivity (Wildman–Crippen MR) is 102 cm³/mol. The fourth-order valence-corrected chi connectivity index (χ4v) is 4.16. The van der Waals surface area contributed by atoms with E-state index in [1.165, 1.54) is 0 Å². The van der Waals surface area contributed by atoms with Crippen LogP contribution in [0.2, 0.25) is 0 Å². The number of anilines is 1. The van der Waals surface area contributed by atoms with E-state index >= 15 is 0 Å². The molecule has 1 fully saturated rings. The van der Waals surface area contributed by atoms with Crippen molar-refractivity contribution in [3.8, 4) is 0 Å². The van der Waals surface area contributed by atoms with Gasteiger partial charge in [0, 0.05) is 49.9 Å². The molecule has 0 radical (unpaired) electrons. The van der Waals surface area contributed by atoms with E-state index in [1.807, 2.05) is 24.4 Å². The van der Waals surface area contributed by atoms with Gasteiger partial charge < -0.3 is 15.5 Å². The Morgan fingerprint density at radius 2 is 2.07 bits per heavy atom. The van der Waals surface area contributed by atoms with Gasteiger partial charge in [0.15, 0.2) is 0 Å². The molecule has 29 heavy (non-hydrogen) atoms. The first-order chi connectivity index (χ1) is 14.1. The second kappa shape index (κ2) is 6.93. The topological polar surface area (TPSA) is 116 Å². The maximum atomic E-state index is 13.1. The Kier molecular flexibility index (Phi) is 4.24. The molecule has 3 aliphatic rings. The van der Waals surface area contributed by atoms with Gasteiger partial charge in [-0.25, -0.2) is 9.97 Å². The van der Waals surface area contributed by atoms with E-state index in [-0.39, 0.29) is 18.2 Å². The van der Waals surface area contributed by atoms with E-state index in [2.05, 4.69) is 25.9 Å². The maximum absolute atomic E-state index is 13.1. The van der Waals surface area contributed by atoms with Gasteiger partial charge in [0.1, 0.15) is 6.04 Å². The van der Waals surface area contributed by atoms with Gasteiger partial charge in [-0.1, -0.05) is 18.2 Å². The van der Waals surface area contributed by atoms with Gasteiger partial charge in [-0.3, -0.25) is 19.7 Å². The van der Waals surface area contributed by atoms with E-state index in [4.69, 9.17) is 0 Å². The van der Waals surface area contributed by atoms with Crippen LogP contribution in [0.15, 0.2) is 24.4 Å². The molecule has 148 valence electrons. The Bertz CT molecular complexity index is 1040. The number of hydrogen-bond donors (Lipinski definition) is 3. The summed E-state index contributed by atoms with van der Waals surface area (Å²) < 4.78 is 0. The molecule has 5 rings (SSSR count). The van der Waals surface area contributed by atoms with E-state index in [1.54, 1.807) is 4.90 Å². The minimum atomic E-state index is -0.610. The summed E-state index contributed by atoms with van der Waals surface area (Å²) in [4.78, 5) is 47.2. The monoisotopic (exact) mass is 392 g/mol. The minimum Gasteiger partial charge on any atom is -0.350 e. The van der Waals surface area contributed by atoms with Crippen LogP contribution in [-0.4, -0.2) is 38.6 Å². The van der Waals surface area contributed by atoms with Crippen LogP contribution in [-0.2, 0) is 35.8 Å². The summed E-state index contributed by atoms with van der Waals surface area (Å²) in [6.45, 7) is 2.29. The third kappa shape index (κ3) is 3.13. The fraction of sp³-hybridized carbons (Fsp3) is 0.350. The largest absolute Gasteiger partial charge is 0.350 e. The molecule has 1 atom stereocenters. The van der Waals surface area contributed by atoms with Crippen molar-refractivity contribution in [3.63, 3.8) is 0 Å². The number of aromatic nitrogens is 2. The van der Waals surface area contributed by atoms with Crippen molar-refractivity contribution in [1.29, 1.82) is 0 Å². The van der Waals surface area contributed by atoms with Crippen molar-refractivity contribution in [2.24, 2.45) is 0 Å². The van der Waals surface area contributed by atoms with E-state index in [0.717, 1.165) is 35.5 Å². The highest BCUT2D eigenvalue weighted by Crippen LogP contribution is 2.30. The number of carbonyl (C=O) groups excluding carboxylic acids is 3. The fourth-order valence-electron chi connectivity index (χ4n) is 4.16. The summed E-state index contributed by atoms with van der Waals surface area (Å²) in [5.41, 5.74) is 4.43. The number of rotatable bonds is 4. The number of benzene rings is 1. The van der Waals surface area contributed by atoms with Crippen molar-refractivity contribution in [1.82, 2.24) is 25.5 Å². The van der Waals surface area contributed by atoms with Crippen molar-refractivity contribution in [2.75, 3.05) is 5.32 Å². The van der Waals surface area contributed by atoms with Gasteiger partial charge in [0.25, 0.3) is 5.91 Å². The van der Waals surface area contributed by atoms with Crippen LogP contribution in [0.3, 0.4) is 0 Å². The standard InChI is InChI=1S/C20H20N6O3/c27-16-5-4-15(18(28)25-16)26-10-12-3-1-2-11(17(12)19(26)29)7-22-20-23-8-13-6-21-9-14(13)24-20/h1-3,8,15,21H,4-7,9-10H2,(H,22,23,24)(H,25,27,28). The molecule has 4 heterocycles. The lowest BCUT2D eigenvalue weighted by Gasteiger charge is -2.29. The first-order valence-electron chi connectivity index (χ1n) is 9.65. The minimum absolute atomic E-state index is 0.175. The predicted octanol–water partition coefficient (Wildman–Crippen LogP) is 0.453. The number of piperidine rings is 1. The Morgan fingerprint density at radius 1 is 1.17 bits per heavy atom. The first-order valence-corrected chi connectivity index (χ1v) is 9.65. The number of amides is 3. The molecule has 3 aliphatic heterocycles. The molecule has 3 N–H and O–H groups in total. The molecule has 1 unspecified atom stereocenters. The van der Waals surface area contributed by atoms with E-state index in [0.29, 0.717) is 31.0 Å². The summed E-state index contributed by atoms with van der Waals surface area (Å²) >= 11 is 0. The number of carbonyl (C=O) groups is 3. The van der Waals surface area contributed by atoms with E-state index in [9.17, 15) is 14.4 Å². The van der Waals surface area contributed by atoms with Crippen molar-refractivity contribution in [2.45, 2.75) is 45.1 Å². The van der Waals surface area contributed by atoms with Crippen LogP contribution >= 0.6 is 0 Å². The second-order valence-electron chi connectivity index (χ2n) is 7.47. The number of fused-ring (bicyclic) bond motifs is 2. The first kappa shape index (κ1) is 17.7. The molecule has 0 bridgehead atoms. The van der Waals surface area contributed by atoms with Crippen LogP contribution < -0.4 is 16.0 Å². The molecule has 0 spiro atoms. The molecule has 0 saturated carbocycles. The molecule has 3 amide bonds.